The summed E-state index contributed by atoms with van der Waals surface area (Å²) in [4.78, 5) is 16.8. The molecule has 0 bridgehead atoms. The molecule has 114 valence electrons. The molecule has 4 nitrogen and oxygen atoms in total. The number of amides is 1. The lowest BCUT2D eigenvalue weighted by molar-refractivity contribution is -0.116. The average molecular weight is 304 g/mol. The van der Waals surface area contributed by atoms with E-state index in [0.29, 0.717) is 13.0 Å². The predicted octanol–water partition coefficient (Wildman–Crippen LogP) is 3.74. The lowest BCUT2D eigenvalue weighted by Gasteiger charge is -2.11. The topological polar surface area (TPSA) is 51.2 Å². The van der Waals surface area contributed by atoms with Gasteiger partial charge in [-0.05, 0) is 18.2 Å². The Morgan fingerprint density at radius 1 is 1.13 bits per heavy atom. The lowest BCUT2D eigenvalue weighted by atomic mass is 9.97. The number of aromatic nitrogens is 1. The monoisotopic (exact) mass is 304 g/mol. The van der Waals surface area contributed by atoms with Crippen molar-refractivity contribution in [1.29, 1.82) is 0 Å². The summed E-state index contributed by atoms with van der Waals surface area (Å²) in [5.74, 6) is 0.972. The third kappa shape index (κ3) is 2.63. The Balaban J connectivity index is 1.52. The second-order valence-electron chi connectivity index (χ2n) is 5.68. The van der Waals surface area contributed by atoms with E-state index in [0.717, 1.165) is 27.9 Å². The quantitative estimate of drug-likeness (QED) is 0.802. The predicted molar refractivity (Wildman–Crippen MR) is 89.7 cm³/mol. The first kappa shape index (κ1) is 13.8. The standard InChI is InChI=1S/C19H16N2O2/c22-18(11-14-12-23-17-9-2-1-7-15(14)17)21-16-8-3-5-13-6-4-10-20-19(13)16/h1-10,14H,11-12H2,(H,21,22). The molecular formula is C19H16N2O2. The Morgan fingerprint density at radius 3 is 2.96 bits per heavy atom. The molecule has 3 aromatic rings. The fourth-order valence-corrected chi connectivity index (χ4v) is 3.03. The van der Waals surface area contributed by atoms with Gasteiger partial charge in [0.05, 0.1) is 17.8 Å². The van der Waals surface area contributed by atoms with Crippen molar-refractivity contribution in [2.45, 2.75) is 12.3 Å². The van der Waals surface area contributed by atoms with Crippen molar-refractivity contribution >= 4 is 22.5 Å². The van der Waals surface area contributed by atoms with Gasteiger partial charge in [-0.25, -0.2) is 0 Å². The van der Waals surface area contributed by atoms with Crippen molar-refractivity contribution in [1.82, 2.24) is 4.98 Å². The van der Waals surface area contributed by atoms with Gasteiger partial charge < -0.3 is 10.1 Å². The SMILES string of the molecule is O=C(CC1COc2ccccc21)Nc1cccc2cccnc12. The first-order chi connectivity index (χ1) is 11.3. The second-order valence-corrected chi connectivity index (χ2v) is 5.68. The highest BCUT2D eigenvalue weighted by molar-refractivity contribution is 6.00. The van der Waals surface area contributed by atoms with E-state index < -0.39 is 0 Å². The Morgan fingerprint density at radius 2 is 2.00 bits per heavy atom. The molecular weight excluding hydrogens is 288 g/mol. The van der Waals surface area contributed by atoms with Gasteiger partial charge in [0.15, 0.2) is 0 Å². The van der Waals surface area contributed by atoms with Gasteiger partial charge in [0.2, 0.25) is 5.91 Å². The summed E-state index contributed by atoms with van der Waals surface area (Å²) in [6, 6.07) is 17.6. The number of anilines is 1. The first-order valence-electron chi connectivity index (χ1n) is 7.66. The van der Waals surface area contributed by atoms with E-state index in [2.05, 4.69) is 10.3 Å². The number of benzene rings is 2. The highest BCUT2D eigenvalue weighted by atomic mass is 16.5. The number of rotatable bonds is 3. The molecule has 1 atom stereocenters. The van der Waals surface area contributed by atoms with Crippen molar-refractivity contribution < 1.29 is 9.53 Å². The second kappa shape index (κ2) is 5.72. The Kier molecular flexibility index (Phi) is 3.42. The van der Waals surface area contributed by atoms with Crippen LogP contribution in [0.4, 0.5) is 5.69 Å². The third-order valence-corrected chi connectivity index (χ3v) is 4.14. The van der Waals surface area contributed by atoms with Crippen molar-refractivity contribution in [3.63, 3.8) is 0 Å². The third-order valence-electron chi connectivity index (χ3n) is 4.14. The Labute approximate surface area is 134 Å². The maximum Gasteiger partial charge on any atom is 0.225 e. The zero-order chi connectivity index (χ0) is 15.6. The van der Waals surface area contributed by atoms with Crippen LogP contribution in [0.5, 0.6) is 5.75 Å². The molecule has 0 fully saturated rings. The van der Waals surface area contributed by atoms with E-state index in [1.807, 2.05) is 54.6 Å². The van der Waals surface area contributed by atoms with Gasteiger partial charge >= 0.3 is 0 Å². The molecule has 1 aliphatic heterocycles. The minimum Gasteiger partial charge on any atom is -0.493 e. The minimum absolute atomic E-state index is 0.0199. The number of hydrogen-bond donors (Lipinski definition) is 1. The molecule has 0 spiro atoms. The summed E-state index contributed by atoms with van der Waals surface area (Å²) < 4.78 is 5.64. The molecule has 2 heterocycles. The fraction of sp³-hybridized carbons (Fsp3) is 0.158. The van der Waals surface area contributed by atoms with Gasteiger partial charge in [-0.2, -0.15) is 0 Å². The molecule has 1 aliphatic rings. The molecule has 0 radical (unpaired) electrons. The largest absolute Gasteiger partial charge is 0.493 e. The zero-order valence-electron chi connectivity index (χ0n) is 12.5. The molecule has 2 aromatic carbocycles. The molecule has 4 rings (SSSR count). The number of hydrogen-bond acceptors (Lipinski definition) is 3. The summed E-state index contributed by atoms with van der Waals surface area (Å²) >= 11 is 0. The number of pyridine rings is 1. The van der Waals surface area contributed by atoms with E-state index >= 15 is 0 Å². The average Bonchev–Trinajstić information content (AvgIpc) is 2.98. The van der Waals surface area contributed by atoms with Gasteiger partial charge in [-0.15, -0.1) is 0 Å². The van der Waals surface area contributed by atoms with Gasteiger partial charge in [0, 0.05) is 29.5 Å². The Bertz CT molecular complexity index is 871. The van der Waals surface area contributed by atoms with Crippen LogP contribution in [-0.2, 0) is 4.79 Å². The van der Waals surface area contributed by atoms with Crippen LogP contribution in [-0.4, -0.2) is 17.5 Å². The molecule has 1 amide bonds. The summed E-state index contributed by atoms with van der Waals surface area (Å²) in [6.07, 6.45) is 2.14. The van der Waals surface area contributed by atoms with Crippen LogP contribution >= 0.6 is 0 Å². The number of carbonyl (C=O) groups is 1. The minimum atomic E-state index is -0.0199. The molecule has 1 N–H and O–H groups in total. The number of para-hydroxylation sites is 2. The van der Waals surface area contributed by atoms with E-state index in [4.69, 9.17) is 4.74 Å². The van der Waals surface area contributed by atoms with Crippen LogP contribution in [0.25, 0.3) is 10.9 Å². The van der Waals surface area contributed by atoms with E-state index in [1.54, 1.807) is 6.20 Å². The van der Waals surface area contributed by atoms with Crippen LogP contribution in [0.1, 0.15) is 17.9 Å². The van der Waals surface area contributed by atoms with Crippen LogP contribution in [0.2, 0.25) is 0 Å². The fourth-order valence-electron chi connectivity index (χ4n) is 3.03. The molecule has 1 aromatic heterocycles. The van der Waals surface area contributed by atoms with Crippen LogP contribution in [0.15, 0.2) is 60.8 Å². The van der Waals surface area contributed by atoms with E-state index in [-0.39, 0.29) is 11.8 Å². The maximum absolute atomic E-state index is 12.4. The highest BCUT2D eigenvalue weighted by Gasteiger charge is 2.26. The Hall–Kier alpha value is -2.88. The van der Waals surface area contributed by atoms with Crippen molar-refractivity contribution in [2.75, 3.05) is 11.9 Å². The van der Waals surface area contributed by atoms with Gasteiger partial charge in [-0.3, -0.25) is 9.78 Å². The normalized spacial score (nSPS) is 15.9. The van der Waals surface area contributed by atoms with Crippen molar-refractivity contribution in [3.8, 4) is 5.75 Å². The number of nitrogens with zero attached hydrogens (tertiary/aromatic N) is 1. The molecule has 23 heavy (non-hydrogen) atoms. The molecule has 0 aliphatic carbocycles. The summed E-state index contributed by atoms with van der Waals surface area (Å²) in [6.45, 7) is 0.556. The van der Waals surface area contributed by atoms with Gasteiger partial charge in [0.1, 0.15) is 5.75 Å². The number of nitrogens with one attached hydrogen (secondary N) is 1. The summed E-state index contributed by atoms with van der Waals surface area (Å²) in [5, 5.41) is 4.00. The van der Waals surface area contributed by atoms with Crippen molar-refractivity contribution in [3.05, 3.63) is 66.4 Å². The number of fused-ring (bicyclic) bond motifs is 2. The molecule has 0 saturated carbocycles. The number of ether oxygens (including phenoxy) is 1. The molecule has 0 saturated heterocycles. The van der Waals surface area contributed by atoms with Crippen LogP contribution < -0.4 is 10.1 Å². The van der Waals surface area contributed by atoms with Crippen LogP contribution in [0, 0.1) is 0 Å². The van der Waals surface area contributed by atoms with Gasteiger partial charge in [-0.1, -0.05) is 36.4 Å². The summed E-state index contributed by atoms with van der Waals surface area (Å²) in [5.41, 5.74) is 2.67. The van der Waals surface area contributed by atoms with Crippen LogP contribution in [0.3, 0.4) is 0 Å². The van der Waals surface area contributed by atoms with Gasteiger partial charge in [0.25, 0.3) is 0 Å². The first-order valence-corrected chi connectivity index (χ1v) is 7.66. The summed E-state index contributed by atoms with van der Waals surface area (Å²) in [7, 11) is 0. The molecule has 4 heteroatoms. The molecule has 1 unspecified atom stereocenters. The van der Waals surface area contributed by atoms with Crippen molar-refractivity contribution in [2.24, 2.45) is 0 Å². The van der Waals surface area contributed by atoms with E-state index in [1.165, 1.54) is 0 Å². The maximum atomic E-state index is 12.4. The van der Waals surface area contributed by atoms with E-state index in [9.17, 15) is 4.79 Å². The number of carbonyl (C=O) groups excluding carboxylic acids is 1. The zero-order valence-corrected chi connectivity index (χ0v) is 12.5. The smallest absolute Gasteiger partial charge is 0.225 e. The lowest BCUT2D eigenvalue weighted by Crippen LogP contribution is -2.16. The highest BCUT2D eigenvalue weighted by Crippen LogP contribution is 2.35.